The molecule has 9 rings (SSSR count). The molecular weight excluding hydrogens is 934 g/mol. The summed E-state index contributed by atoms with van der Waals surface area (Å²) in [6.45, 7) is 0. The number of amides is 5. The predicted octanol–water partition coefficient (Wildman–Crippen LogP) is 10.2. The van der Waals surface area contributed by atoms with Crippen molar-refractivity contribution in [2.75, 3.05) is 32.0 Å². The van der Waals surface area contributed by atoms with Gasteiger partial charge < -0.3 is 51.5 Å². The Morgan fingerprint density at radius 2 is 1.12 bits per heavy atom. The second-order valence-corrected chi connectivity index (χ2v) is 15.8. The van der Waals surface area contributed by atoms with Gasteiger partial charge in [-0.3, -0.25) is 29.3 Å². The number of nitrogens with one attached hydrogen (secondary N) is 3. The third-order valence-corrected chi connectivity index (χ3v) is 10.5. The van der Waals surface area contributed by atoms with Crippen LogP contribution in [0.25, 0.3) is 21.8 Å². The van der Waals surface area contributed by atoms with Crippen molar-refractivity contribution in [1.82, 2.24) is 15.3 Å². The van der Waals surface area contributed by atoms with Crippen LogP contribution >= 0.6 is 23.2 Å². The van der Waals surface area contributed by atoms with Crippen LogP contribution in [0.2, 0.25) is 10.0 Å². The molecule has 0 saturated heterocycles. The van der Waals surface area contributed by atoms with Gasteiger partial charge in [-0.25, -0.2) is 9.59 Å². The zero-order valence-corrected chi connectivity index (χ0v) is 38.6. The van der Waals surface area contributed by atoms with Crippen molar-refractivity contribution < 1.29 is 48.6 Å². The molecule has 0 aliphatic heterocycles. The van der Waals surface area contributed by atoms with E-state index in [0.29, 0.717) is 84.5 Å². The third-order valence-electron chi connectivity index (χ3n) is 9.89. The first-order chi connectivity index (χ1) is 33.7. The van der Waals surface area contributed by atoms with Crippen LogP contribution in [0, 0.1) is 0 Å². The molecule has 5 amide bonds. The highest BCUT2D eigenvalue weighted by Gasteiger charge is 2.24. The molecule has 5 aromatic carbocycles. The average Bonchev–Trinajstić information content (AvgIpc) is 4.30. The Labute approximate surface area is 406 Å². The first-order valence-corrected chi connectivity index (χ1v) is 21.7. The molecule has 2 heterocycles. The molecule has 20 heteroatoms. The highest BCUT2D eigenvalue weighted by molar-refractivity contribution is 6.34. The van der Waals surface area contributed by atoms with Crippen molar-refractivity contribution in [1.29, 1.82) is 0 Å². The molecule has 2 aliphatic carbocycles. The number of carbonyl (C=O) groups excluding carboxylic acids is 4. The van der Waals surface area contributed by atoms with Crippen LogP contribution in [-0.2, 0) is 0 Å². The number of halogens is 3. The lowest BCUT2D eigenvalue weighted by Gasteiger charge is -2.13. The van der Waals surface area contributed by atoms with Crippen molar-refractivity contribution in [3.05, 3.63) is 137 Å². The van der Waals surface area contributed by atoms with Gasteiger partial charge in [-0.2, -0.15) is 0 Å². The highest BCUT2D eigenvalue weighted by atomic mass is 35.5. The zero-order valence-electron chi connectivity index (χ0n) is 38.1. The summed E-state index contributed by atoms with van der Waals surface area (Å²) >= 11 is 12.6. The number of hydrogen-bond acceptors (Lipinski definition) is 12. The molecule has 9 N–H and O–H groups in total. The van der Waals surface area contributed by atoms with Gasteiger partial charge >= 0.3 is 12.1 Å². The van der Waals surface area contributed by atoms with Crippen molar-refractivity contribution in [3.63, 3.8) is 0 Å². The molecule has 2 fully saturated rings. The van der Waals surface area contributed by atoms with Gasteiger partial charge in [-0.15, -0.1) is 0 Å². The van der Waals surface area contributed by atoms with E-state index in [1.54, 1.807) is 109 Å². The number of rotatable bonds is 12. The fourth-order valence-electron chi connectivity index (χ4n) is 6.17. The quantitative estimate of drug-likeness (QED) is 0.0669. The number of carbonyl (C=O) groups is 4. The molecule has 0 bridgehead atoms. The van der Waals surface area contributed by atoms with Gasteiger partial charge in [-0.1, -0.05) is 41.4 Å². The fraction of sp³-hybridized carbons (Fsp3) is 0.184. The maximum atomic E-state index is 12.1. The monoisotopic (exact) mass is 981 g/mol. The van der Waals surface area contributed by atoms with Crippen LogP contribution in [0.5, 0.6) is 40.2 Å². The number of nitrogens with two attached hydrogens (primary N) is 3. The van der Waals surface area contributed by atoms with Gasteiger partial charge in [0.25, 0.3) is 11.8 Å². The van der Waals surface area contributed by atoms with Gasteiger partial charge in [0.05, 0.1) is 66.3 Å². The van der Waals surface area contributed by atoms with Gasteiger partial charge in [0, 0.05) is 59.5 Å². The second-order valence-electron chi connectivity index (χ2n) is 15.0. The van der Waals surface area contributed by atoms with E-state index in [2.05, 4.69) is 25.9 Å². The number of benzene rings is 5. The van der Waals surface area contributed by atoms with E-state index in [1.165, 1.54) is 27.1 Å². The van der Waals surface area contributed by atoms with E-state index in [9.17, 15) is 23.6 Å². The summed E-state index contributed by atoms with van der Waals surface area (Å²) in [7, 11) is 1.90. The van der Waals surface area contributed by atoms with Crippen LogP contribution in [0.1, 0.15) is 47.8 Å². The lowest BCUT2D eigenvalue weighted by molar-refractivity contribution is 0.0989. The molecule has 7 aromatic rings. The van der Waals surface area contributed by atoms with E-state index < -0.39 is 25.1 Å². The Kier molecular flexibility index (Phi) is 16.8. The molecule has 0 atom stereocenters. The first kappa shape index (κ1) is 49.0. The Balaban J connectivity index is 0.000000202. The molecule has 0 radical (unpaired) electrons. The topological polar surface area (TPSA) is 254 Å². The van der Waals surface area contributed by atoms with Gasteiger partial charge in [0.1, 0.15) is 40.2 Å². The minimum atomic E-state index is -1.00. The van der Waals surface area contributed by atoms with Crippen molar-refractivity contribution in [2.24, 2.45) is 17.2 Å². The van der Waals surface area contributed by atoms with E-state index in [1.807, 2.05) is 6.07 Å². The molecule has 2 aliphatic rings. The standard InChI is InChI=1S/C24H18ClN3O5.C21H19ClN4O4.C3H7N.CH3F/c1-31-22-13-20-16(12-17(22)23(26)29)21(9-10-27-20)32-15-7-8-19(18(25)11-15)28-24(30)33-14-5-3-2-4-6-14;1-29-19-10-17-13(9-14(19)20(23)27)18(6-7-24-17)30-12-4-5-16(15(22)8-12)26-21(28)25-11-2-3-11;4-3-1-2-3;1-2/h2-13H,1H3,(H2,26,29)(H,28,30);4-11H,2-3H2,1H3,(H2,23,27)(H2,25,26,28);3H,1-2,4H2;1H3/i;;;1D. The molecule has 2 aromatic heterocycles. The molecule has 0 unspecified atom stereocenters. The number of anilines is 2. The summed E-state index contributed by atoms with van der Waals surface area (Å²) in [4.78, 5) is 56.2. The molecule has 0 spiro atoms. The van der Waals surface area contributed by atoms with Gasteiger partial charge in [-0.05, 0) is 86.3 Å². The van der Waals surface area contributed by atoms with Crippen LogP contribution < -0.4 is 56.8 Å². The molecule has 69 heavy (non-hydrogen) atoms. The van der Waals surface area contributed by atoms with Crippen LogP contribution in [0.15, 0.2) is 116 Å². The maximum Gasteiger partial charge on any atom is 0.417 e. The third kappa shape index (κ3) is 14.1. The lowest BCUT2D eigenvalue weighted by Crippen LogP contribution is -2.30. The van der Waals surface area contributed by atoms with Crippen molar-refractivity contribution >= 4 is 80.3 Å². The highest BCUT2D eigenvalue weighted by Crippen LogP contribution is 2.37. The number of fused-ring (bicyclic) bond motifs is 2. The number of primary amides is 2. The Morgan fingerprint density at radius 3 is 1.52 bits per heavy atom. The summed E-state index contributed by atoms with van der Waals surface area (Å²) in [6, 6.07) is 28.6. The van der Waals surface area contributed by atoms with Crippen molar-refractivity contribution in [2.45, 2.75) is 37.8 Å². The smallest absolute Gasteiger partial charge is 0.417 e. The number of para-hydroxylation sites is 1. The first-order valence-electron chi connectivity index (χ1n) is 21.6. The van der Waals surface area contributed by atoms with Gasteiger partial charge in [0.2, 0.25) is 0 Å². The summed E-state index contributed by atoms with van der Waals surface area (Å²) in [5, 5.41) is 9.88. The largest absolute Gasteiger partial charge is 0.496 e. The lowest BCUT2D eigenvalue weighted by atomic mass is 10.1. The number of alkyl halides is 1. The SMILES string of the molecule is COc1cc2nccc(Oc3ccc(NC(=O)NC4CC4)c(Cl)c3)c2cc1C(N)=O.COc1cc2nccc(Oc3ccc(NC(=O)Oc4ccccc4)c(Cl)c3)c2cc1C(N)=O.NC1CC1.[2H]CF. The van der Waals surface area contributed by atoms with Crippen LogP contribution in [0.4, 0.5) is 25.4 Å². The molecule has 358 valence electrons. The van der Waals surface area contributed by atoms with Crippen molar-refractivity contribution in [3.8, 4) is 40.2 Å². The number of hydrogen-bond donors (Lipinski definition) is 6. The number of pyridine rings is 2. The number of aromatic nitrogens is 2. The Hall–Kier alpha value is -7.93. The summed E-state index contributed by atoms with van der Waals surface area (Å²) in [5.74, 6) is 1.57. The van der Waals surface area contributed by atoms with E-state index in [4.69, 9.17) is 65.5 Å². The number of nitrogens with zero attached hydrogens (tertiary/aromatic N) is 2. The molecule has 2 saturated carbocycles. The predicted molar refractivity (Wildman–Crippen MR) is 262 cm³/mol. The van der Waals surface area contributed by atoms with Crippen LogP contribution in [0.3, 0.4) is 0 Å². The van der Waals surface area contributed by atoms with E-state index in [-0.39, 0.29) is 28.2 Å². The summed E-state index contributed by atoms with van der Waals surface area (Å²) in [6.07, 6.45) is 7.00. The Morgan fingerprint density at radius 1 is 0.652 bits per heavy atom. The zero-order chi connectivity index (χ0) is 50.3. The fourth-order valence-corrected chi connectivity index (χ4v) is 6.61. The minimum absolute atomic E-state index is 0.206. The summed E-state index contributed by atoms with van der Waals surface area (Å²) < 4.78 is 43.1. The molecule has 17 nitrogen and oxygen atoms in total. The number of methoxy groups -OCH3 is 2. The van der Waals surface area contributed by atoms with E-state index >= 15 is 0 Å². The minimum Gasteiger partial charge on any atom is -0.496 e. The Bertz CT molecular complexity index is 3010. The summed E-state index contributed by atoms with van der Waals surface area (Å²) in [5.41, 5.74) is 18.5. The second kappa shape index (κ2) is 23.7. The average molecular weight is 983 g/mol. The number of ether oxygens (including phenoxy) is 5. The normalized spacial score (nSPS) is 12.5. The van der Waals surface area contributed by atoms with Crippen LogP contribution in [-0.4, -0.2) is 67.4 Å². The molecular formula is C49H47Cl2FN8O9. The number of urea groups is 1. The maximum absolute atomic E-state index is 12.1. The van der Waals surface area contributed by atoms with Gasteiger partial charge in [0.15, 0.2) is 0 Å². The van der Waals surface area contributed by atoms with E-state index in [0.717, 1.165) is 12.8 Å².